The number of amides is 1. The Morgan fingerprint density at radius 3 is 2.91 bits per heavy atom. The second-order valence-electron chi connectivity index (χ2n) is 6.06. The Morgan fingerprint density at radius 2 is 2.14 bits per heavy atom. The van der Waals surface area contributed by atoms with E-state index in [0.717, 1.165) is 34.9 Å². The normalized spacial score (nSPS) is 23.2. The molecule has 1 aliphatic heterocycles. The second kappa shape index (κ2) is 5.39. The molecule has 3 heterocycles. The summed E-state index contributed by atoms with van der Waals surface area (Å²) in [4.78, 5) is 18.0. The van der Waals surface area contributed by atoms with Gasteiger partial charge in [0.25, 0.3) is 5.91 Å². The molecule has 4 nitrogen and oxygen atoms in total. The number of nitrogens with one attached hydrogen (secondary N) is 2. The highest BCUT2D eigenvalue weighted by Gasteiger charge is 2.33. The van der Waals surface area contributed by atoms with Crippen LogP contribution in [-0.2, 0) is 12.8 Å². The fourth-order valence-electron chi connectivity index (χ4n) is 3.44. The molecule has 0 spiro atoms. The molecule has 0 aromatic carbocycles. The van der Waals surface area contributed by atoms with E-state index in [1.165, 1.54) is 23.3 Å². The van der Waals surface area contributed by atoms with E-state index < -0.39 is 0 Å². The summed E-state index contributed by atoms with van der Waals surface area (Å²) in [5.41, 5.74) is 3.20. The Kier molecular flexibility index (Phi) is 3.37. The lowest BCUT2D eigenvalue weighted by molar-refractivity contribution is 0.0935. The van der Waals surface area contributed by atoms with Crippen molar-refractivity contribution in [1.29, 1.82) is 0 Å². The van der Waals surface area contributed by atoms with Crippen molar-refractivity contribution in [3.05, 3.63) is 46.1 Å². The standard InChI is InChI=1S/C17H19N3OS/c1-2-10-3-4-12-13(9-10)22-17-14(12)16(21)19-15(20-17)11-5-7-18-8-6-11/h5-8,10,15,20H,2-4,9H2,1H3,(H,19,21)/t10-,15-/m1/s1. The highest BCUT2D eigenvalue weighted by Crippen LogP contribution is 2.43. The number of hydrogen-bond donors (Lipinski definition) is 2. The second-order valence-corrected chi connectivity index (χ2v) is 7.16. The topological polar surface area (TPSA) is 54.0 Å². The summed E-state index contributed by atoms with van der Waals surface area (Å²) in [7, 11) is 0. The van der Waals surface area contributed by atoms with Crippen molar-refractivity contribution in [2.45, 2.75) is 38.8 Å². The van der Waals surface area contributed by atoms with Crippen molar-refractivity contribution in [1.82, 2.24) is 10.3 Å². The van der Waals surface area contributed by atoms with Gasteiger partial charge in [-0.25, -0.2) is 0 Å². The van der Waals surface area contributed by atoms with Gasteiger partial charge >= 0.3 is 0 Å². The molecule has 0 radical (unpaired) electrons. The van der Waals surface area contributed by atoms with E-state index >= 15 is 0 Å². The molecule has 0 bridgehead atoms. The van der Waals surface area contributed by atoms with Crippen LogP contribution in [0.5, 0.6) is 0 Å². The number of pyridine rings is 1. The van der Waals surface area contributed by atoms with Crippen LogP contribution in [0.25, 0.3) is 0 Å². The quantitative estimate of drug-likeness (QED) is 0.892. The molecule has 2 aromatic heterocycles. The Bertz CT molecular complexity index is 710. The van der Waals surface area contributed by atoms with E-state index in [2.05, 4.69) is 22.5 Å². The molecule has 0 saturated carbocycles. The summed E-state index contributed by atoms with van der Waals surface area (Å²) in [6.45, 7) is 2.26. The number of carbonyl (C=O) groups excluding carboxylic acids is 1. The molecule has 1 aliphatic carbocycles. The van der Waals surface area contributed by atoms with Gasteiger partial charge in [-0.15, -0.1) is 11.3 Å². The molecule has 22 heavy (non-hydrogen) atoms. The molecule has 2 N–H and O–H groups in total. The molecule has 114 valence electrons. The van der Waals surface area contributed by atoms with Crippen molar-refractivity contribution >= 4 is 22.2 Å². The predicted octanol–water partition coefficient (Wildman–Crippen LogP) is 3.51. The molecule has 2 atom stereocenters. The number of fused-ring (bicyclic) bond motifs is 3. The number of nitrogens with zero attached hydrogens (tertiary/aromatic N) is 1. The van der Waals surface area contributed by atoms with Gasteiger partial charge in [0.1, 0.15) is 11.2 Å². The number of thiophene rings is 1. The predicted molar refractivity (Wildman–Crippen MR) is 88.2 cm³/mol. The van der Waals surface area contributed by atoms with Crippen LogP contribution in [0.15, 0.2) is 24.5 Å². The fraction of sp³-hybridized carbons (Fsp3) is 0.412. The van der Waals surface area contributed by atoms with Gasteiger partial charge in [-0.3, -0.25) is 9.78 Å². The highest BCUT2D eigenvalue weighted by atomic mass is 32.1. The molecule has 5 heteroatoms. The van der Waals surface area contributed by atoms with Crippen LogP contribution in [-0.4, -0.2) is 10.9 Å². The first-order valence-electron chi connectivity index (χ1n) is 7.88. The van der Waals surface area contributed by atoms with Crippen molar-refractivity contribution in [3.63, 3.8) is 0 Å². The zero-order chi connectivity index (χ0) is 15.1. The zero-order valence-corrected chi connectivity index (χ0v) is 13.4. The minimum atomic E-state index is -0.162. The Morgan fingerprint density at radius 1 is 1.32 bits per heavy atom. The first-order chi connectivity index (χ1) is 10.8. The third kappa shape index (κ3) is 2.20. The third-order valence-corrected chi connectivity index (χ3v) is 5.95. The van der Waals surface area contributed by atoms with Crippen molar-refractivity contribution < 1.29 is 4.79 Å². The fourth-order valence-corrected chi connectivity index (χ4v) is 4.83. The maximum absolute atomic E-state index is 12.6. The Hall–Kier alpha value is -1.88. The van der Waals surface area contributed by atoms with E-state index in [1.807, 2.05) is 12.1 Å². The Labute approximate surface area is 134 Å². The first kappa shape index (κ1) is 13.8. The molecule has 1 amide bonds. The van der Waals surface area contributed by atoms with E-state index in [4.69, 9.17) is 0 Å². The van der Waals surface area contributed by atoms with Crippen molar-refractivity contribution in [3.8, 4) is 0 Å². The van der Waals surface area contributed by atoms with Crippen LogP contribution < -0.4 is 10.6 Å². The van der Waals surface area contributed by atoms with E-state index in [0.29, 0.717) is 0 Å². The van der Waals surface area contributed by atoms with E-state index in [-0.39, 0.29) is 12.1 Å². The molecule has 2 aliphatic rings. The number of hydrogen-bond acceptors (Lipinski definition) is 4. The summed E-state index contributed by atoms with van der Waals surface area (Å²) < 4.78 is 0. The summed E-state index contributed by atoms with van der Waals surface area (Å²) in [6.07, 6.45) is 7.93. The molecule has 0 unspecified atom stereocenters. The van der Waals surface area contributed by atoms with Crippen LogP contribution >= 0.6 is 11.3 Å². The van der Waals surface area contributed by atoms with Gasteiger partial charge in [-0.2, -0.15) is 0 Å². The van der Waals surface area contributed by atoms with Gasteiger partial charge in [-0.1, -0.05) is 13.3 Å². The van der Waals surface area contributed by atoms with Crippen LogP contribution in [0.3, 0.4) is 0 Å². The maximum atomic E-state index is 12.6. The van der Waals surface area contributed by atoms with Gasteiger partial charge < -0.3 is 10.6 Å². The average molecular weight is 313 g/mol. The molecular weight excluding hydrogens is 294 g/mol. The molecule has 0 fully saturated rings. The number of rotatable bonds is 2. The van der Waals surface area contributed by atoms with Crippen molar-refractivity contribution in [2.75, 3.05) is 5.32 Å². The summed E-state index contributed by atoms with van der Waals surface area (Å²) >= 11 is 1.77. The van der Waals surface area contributed by atoms with Crippen LogP contribution in [0, 0.1) is 5.92 Å². The SMILES string of the molecule is CC[C@@H]1CCc2c(sc3c2C(=O)N[C@@H](c2ccncc2)N3)C1. The molecule has 4 rings (SSSR count). The number of aromatic nitrogens is 1. The van der Waals surface area contributed by atoms with E-state index in [9.17, 15) is 4.79 Å². The first-order valence-corrected chi connectivity index (χ1v) is 8.69. The third-order valence-electron chi connectivity index (χ3n) is 4.76. The van der Waals surface area contributed by atoms with Gasteiger partial charge in [-0.05, 0) is 48.4 Å². The molecular formula is C17H19N3OS. The van der Waals surface area contributed by atoms with Crippen LogP contribution in [0.1, 0.15) is 52.3 Å². The lowest BCUT2D eigenvalue weighted by Gasteiger charge is -2.27. The number of anilines is 1. The monoisotopic (exact) mass is 313 g/mol. The minimum Gasteiger partial charge on any atom is -0.353 e. The van der Waals surface area contributed by atoms with Crippen LogP contribution in [0.4, 0.5) is 5.00 Å². The smallest absolute Gasteiger partial charge is 0.256 e. The summed E-state index contributed by atoms with van der Waals surface area (Å²) in [5, 5.41) is 7.61. The Balaban J connectivity index is 1.68. The minimum absolute atomic E-state index is 0.0583. The lowest BCUT2D eigenvalue weighted by Crippen LogP contribution is -2.38. The zero-order valence-electron chi connectivity index (χ0n) is 12.6. The average Bonchev–Trinajstić information content (AvgIpc) is 2.93. The summed E-state index contributed by atoms with van der Waals surface area (Å²) in [6, 6.07) is 3.87. The maximum Gasteiger partial charge on any atom is 0.256 e. The number of carbonyl (C=O) groups is 1. The van der Waals surface area contributed by atoms with Gasteiger partial charge in [0.2, 0.25) is 0 Å². The van der Waals surface area contributed by atoms with E-state index in [1.54, 1.807) is 23.7 Å². The van der Waals surface area contributed by atoms with Gasteiger partial charge in [0.05, 0.1) is 5.56 Å². The molecule has 2 aromatic rings. The van der Waals surface area contributed by atoms with Crippen molar-refractivity contribution in [2.24, 2.45) is 5.92 Å². The largest absolute Gasteiger partial charge is 0.353 e. The molecule has 0 saturated heterocycles. The van der Waals surface area contributed by atoms with Gasteiger partial charge in [0, 0.05) is 17.3 Å². The summed E-state index contributed by atoms with van der Waals surface area (Å²) in [5.74, 6) is 0.828. The lowest BCUT2D eigenvalue weighted by atomic mass is 9.85. The highest BCUT2D eigenvalue weighted by molar-refractivity contribution is 7.16. The van der Waals surface area contributed by atoms with Crippen LogP contribution in [0.2, 0.25) is 0 Å². The van der Waals surface area contributed by atoms with Gasteiger partial charge in [0.15, 0.2) is 0 Å².